The zero-order valence-electron chi connectivity index (χ0n) is 11.0. The number of carbonyl (C=O) groups is 2. The van der Waals surface area contributed by atoms with Gasteiger partial charge in [-0.3, -0.25) is 9.59 Å². The van der Waals surface area contributed by atoms with Crippen LogP contribution in [0.15, 0.2) is 18.2 Å². The molecule has 1 rings (SSSR count). The summed E-state index contributed by atoms with van der Waals surface area (Å²) in [5.74, 6) is -1.04. The summed E-state index contributed by atoms with van der Waals surface area (Å²) in [5.41, 5.74) is 0.459. The van der Waals surface area contributed by atoms with E-state index >= 15 is 0 Å². The molecule has 0 aliphatic heterocycles. The second kappa shape index (κ2) is 7.07. The quantitative estimate of drug-likeness (QED) is 0.335. The molecule has 20 heavy (non-hydrogen) atoms. The van der Waals surface area contributed by atoms with E-state index in [-0.39, 0.29) is 24.5 Å². The molecule has 8 nitrogen and oxygen atoms in total. The Labute approximate surface area is 114 Å². The molecule has 0 bridgehead atoms. The van der Waals surface area contributed by atoms with Gasteiger partial charge in [0.15, 0.2) is 11.5 Å². The molecule has 0 aliphatic carbocycles. The fourth-order valence-corrected chi connectivity index (χ4v) is 1.48. The van der Waals surface area contributed by atoms with Crippen molar-refractivity contribution in [2.75, 3.05) is 6.61 Å². The standard InChI is InChI=1S/C12H13NO7/c1-8(14)19-11-5-3-4-10(6-7-18-13(16)17)12(11)20-9(2)15/h3-5H,6-7H2,1-2H3. The maximum atomic E-state index is 11.1. The van der Waals surface area contributed by atoms with E-state index in [1.54, 1.807) is 12.1 Å². The second-order valence-electron chi connectivity index (χ2n) is 3.74. The highest BCUT2D eigenvalue weighted by atomic mass is 16.9. The molecule has 0 aliphatic rings. The molecular weight excluding hydrogens is 270 g/mol. The van der Waals surface area contributed by atoms with Crippen LogP contribution in [0.4, 0.5) is 0 Å². The fraction of sp³-hybridized carbons (Fsp3) is 0.333. The van der Waals surface area contributed by atoms with Crippen molar-refractivity contribution in [2.24, 2.45) is 0 Å². The van der Waals surface area contributed by atoms with Gasteiger partial charge in [0.25, 0.3) is 5.09 Å². The zero-order chi connectivity index (χ0) is 15.1. The topological polar surface area (TPSA) is 105 Å². The first-order valence-corrected chi connectivity index (χ1v) is 5.66. The lowest BCUT2D eigenvalue weighted by Crippen LogP contribution is -2.11. The normalized spacial score (nSPS) is 9.70. The average Bonchev–Trinajstić information content (AvgIpc) is 2.31. The van der Waals surface area contributed by atoms with Crippen LogP contribution in [0.3, 0.4) is 0 Å². The fourth-order valence-electron chi connectivity index (χ4n) is 1.48. The molecule has 1 aromatic carbocycles. The van der Waals surface area contributed by atoms with Crippen LogP contribution in [-0.4, -0.2) is 23.6 Å². The summed E-state index contributed by atoms with van der Waals surface area (Å²) in [6, 6.07) is 4.62. The number of hydrogen-bond acceptors (Lipinski definition) is 7. The highest BCUT2D eigenvalue weighted by Crippen LogP contribution is 2.32. The van der Waals surface area contributed by atoms with E-state index < -0.39 is 17.0 Å². The maximum absolute atomic E-state index is 11.1. The lowest BCUT2D eigenvalue weighted by molar-refractivity contribution is -0.757. The first kappa shape index (κ1) is 15.4. The van der Waals surface area contributed by atoms with Gasteiger partial charge in [0.2, 0.25) is 0 Å². The van der Waals surface area contributed by atoms with Crippen LogP contribution < -0.4 is 9.47 Å². The van der Waals surface area contributed by atoms with Crippen molar-refractivity contribution in [1.29, 1.82) is 0 Å². The van der Waals surface area contributed by atoms with E-state index in [0.717, 1.165) is 0 Å². The van der Waals surface area contributed by atoms with E-state index in [4.69, 9.17) is 9.47 Å². The van der Waals surface area contributed by atoms with Crippen molar-refractivity contribution in [3.8, 4) is 11.5 Å². The van der Waals surface area contributed by atoms with E-state index in [2.05, 4.69) is 4.84 Å². The molecule has 0 spiro atoms. The Bertz CT molecular complexity index is 527. The van der Waals surface area contributed by atoms with Gasteiger partial charge in [-0.2, -0.15) is 0 Å². The van der Waals surface area contributed by atoms with Crippen LogP contribution in [0, 0.1) is 10.1 Å². The van der Waals surface area contributed by atoms with Crippen LogP contribution in [0.25, 0.3) is 0 Å². The molecule has 0 atom stereocenters. The first-order valence-electron chi connectivity index (χ1n) is 5.66. The van der Waals surface area contributed by atoms with Crippen molar-refractivity contribution >= 4 is 11.9 Å². The summed E-state index contributed by atoms with van der Waals surface area (Å²) >= 11 is 0. The van der Waals surface area contributed by atoms with Gasteiger partial charge in [0.1, 0.15) is 6.61 Å². The molecule has 0 heterocycles. The molecule has 108 valence electrons. The molecule has 0 radical (unpaired) electrons. The molecule has 1 aromatic rings. The molecule has 0 N–H and O–H groups in total. The number of esters is 2. The number of benzene rings is 1. The second-order valence-corrected chi connectivity index (χ2v) is 3.74. The van der Waals surface area contributed by atoms with Gasteiger partial charge < -0.3 is 14.3 Å². The third-order valence-corrected chi connectivity index (χ3v) is 2.13. The third-order valence-electron chi connectivity index (χ3n) is 2.13. The minimum atomic E-state index is -0.915. The lowest BCUT2D eigenvalue weighted by atomic mass is 10.1. The summed E-state index contributed by atoms with van der Waals surface area (Å²) in [4.78, 5) is 36.4. The van der Waals surface area contributed by atoms with Crippen molar-refractivity contribution in [3.63, 3.8) is 0 Å². The molecule has 0 saturated carbocycles. The average molecular weight is 283 g/mol. The summed E-state index contributed by atoms with van der Waals surface area (Å²) in [7, 11) is 0. The van der Waals surface area contributed by atoms with E-state index in [1.807, 2.05) is 0 Å². The smallest absolute Gasteiger partial charge is 0.308 e. The van der Waals surface area contributed by atoms with Gasteiger partial charge in [-0.15, -0.1) is 10.1 Å². The molecular formula is C12H13NO7. The highest BCUT2D eigenvalue weighted by Gasteiger charge is 2.15. The van der Waals surface area contributed by atoms with Crippen LogP contribution >= 0.6 is 0 Å². The number of ether oxygens (including phenoxy) is 2. The van der Waals surface area contributed by atoms with Gasteiger partial charge in [-0.25, -0.2) is 0 Å². The van der Waals surface area contributed by atoms with Crippen molar-refractivity contribution in [1.82, 2.24) is 0 Å². The molecule has 0 amide bonds. The first-order chi connectivity index (χ1) is 9.40. The van der Waals surface area contributed by atoms with Gasteiger partial charge in [0, 0.05) is 19.4 Å². The Balaban J connectivity index is 2.98. The number of rotatable bonds is 6. The lowest BCUT2D eigenvalue weighted by Gasteiger charge is -2.12. The molecule has 0 saturated heterocycles. The highest BCUT2D eigenvalue weighted by molar-refractivity contribution is 5.74. The summed E-state index contributed by atoms with van der Waals surface area (Å²) in [5, 5.41) is 9.18. The number of carbonyl (C=O) groups excluding carboxylic acids is 2. The maximum Gasteiger partial charge on any atom is 0.308 e. The predicted molar refractivity (Wildman–Crippen MR) is 65.7 cm³/mol. The minimum Gasteiger partial charge on any atom is -0.423 e. The Morgan fingerprint density at radius 3 is 2.40 bits per heavy atom. The SMILES string of the molecule is CC(=O)Oc1cccc(CCO[N+](=O)[O-])c1OC(C)=O. The Hall–Kier alpha value is -2.64. The third kappa shape index (κ3) is 4.92. The number of para-hydroxylation sites is 1. The Morgan fingerprint density at radius 2 is 1.85 bits per heavy atom. The van der Waals surface area contributed by atoms with Crippen LogP contribution in [0.5, 0.6) is 11.5 Å². The van der Waals surface area contributed by atoms with Gasteiger partial charge in [0.05, 0.1) is 0 Å². The summed E-state index contributed by atoms with van der Waals surface area (Å²) < 4.78 is 9.92. The largest absolute Gasteiger partial charge is 0.423 e. The van der Waals surface area contributed by atoms with Crippen LogP contribution in [0.1, 0.15) is 19.4 Å². The molecule has 0 unspecified atom stereocenters. The van der Waals surface area contributed by atoms with Gasteiger partial charge in [-0.05, 0) is 12.5 Å². The van der Waals surface area contributed by atoms with Crippen molar-refractivity contribution < 1.29 is 29.0 Å². The van der Waals surface area contributed by atoms with Crippen molar-refractivity contribution in [3.05, 3.63) is 33.9 Å². The summed E-state index contributed by atoms with van der Waals surface area (Å²) in [6.45, 7) is 2.20. The molecule has 0 aromatic heterocycles. The van der Waals surface area contributed by atoms with Crippen LogP contribution in [-0.2, 0) is 20.8 Å². The van der Waals surface area contributed by atoms with E-state index in [0.29, 0.717) is 5.56 Å². The van der Waals surface area contributed by atoms with Gasteiger partial charge in [-0.1, -0.05) is 12.1 Å². The van der Waals surface area contributed by atoms with Crippen LogP contribution in [0.2, 0.25) is 0 Å². The molecule has 0 fully saturated rings. The number of hydrogen-bond donors (Lipinski definition) is 0. The predicted octanol–water partition coefficient (Wildman–Crippen LogP) is 1.29. The van der Waals surface area contributed by atoms with E-state index in [9.17, 15) is 19.7 Å². The van der Waals surface area contributed by atoms with E-state index in [1.165, 1.54) is 19.9 Å². The van der Waals surface area contributed by atoms with Crippen molar-refractivity contribution in [2.45, 2.75) is 20.3 Å². The monoisotopic (exact) mass is 283 g/mol. The Kier molecular flexibility index (Phi) is 5.45. The molecule has 8 heteroatoms. The van der Waals surface area contributed by atoms with Gasteiger partial charge >= 0.3 is 11.9 Å². The Morgan fingerprint density at radius 1 is 1.20 bits per heavy atom. The summed E-state index contributed by atoms with van der Waals surface area (Å²) in [6.07, 6.45) is 0.124. The number of nitrogens with zero attached hydrogens (tertiary/aromatic N) is 1. The minimum absolute atomic E-state index is 0.0575. The zero-order valence-corrected chi connectivity index (χ0v) is 11.0.